The molecule has 0 unspecified atom stereocenters. The summed E-state index contributed by atoms with van der Waals surface area (Å²) in [5.41, 5.74) is 0.572. The first kappa shape index (κ1) is 15.9. The number of rotatable bonds is 3. The Morgan fingerprint density at radius 3 is 2.50 bits per heavy atom. The highest BCUT2D eigenvalue weighted by Crippen LogP contribution is 2.23. The summed E-state index contributed by atoms with van der Waals surface area (Å²) in [6.45, 7) is 0. The summed E-state index contributed by atoms with van der Waals surface area (Å²) in [5.74, 6) is -0.651. The minimum absolute atomic E-state index is 0.0473. The minimum atomic E-state index is -3.81. The van der Waals surface area contributed by atoms with Crippen LogP contribution >= 0.6 is 0 Å². The molecular formula is C14H12N4O5S. The molecule has 10 heteroatoms. The van der Waals surface area contributed by atoms with Crippen molar-refractivity contribution in [2.75, 3.05) is 7.11 Å². The molecule has 124 valence electrons. The summed E-state index contributed by atoms with van der Waals surface area (Å²) in [6.07, 6.45) is 2.93. The molecule has 2 aliphatic heterocycles. The van der Waals surface area contributed by atoms with Gasteiger partial charge in [0.1, 0.15) is 11.3 Å². The van der Waals surface area contributed by atoms with Crippen LogP contribution in [0.15, 0.2) is 46.3 Å². The molecule has 9 nitrogen and oxygen atoms in total. The highest BCUT2D eigenvalue weighted by Gasteiger charge is 2.22. The molecule has 0 amide bonds. The van der Waals surface area contributed by atoms with Gasteiger partial charge >= 0.3 is 5.97 Å². The number of nitrogens with one attached hydrogen (secondary N) is 1. The number of hydrogen-bond acceptors (Lipinski definition) is 6. The van der Waals surface area contributed by atoms with Crippen LogP contribution in [-0.4, -0.2) is 36.3 Å². The number of carbonyl (C=O) groups excluding carboxylic acids is 1. The molecule has 0 atom stereocenters. The quantitative estimate of drug-likeness (QED) is 0.644. The number of aromatic amines is 1. The van der Waals surface area contributed by atoms with Crippen molar-refractivity contribution in [3.63, 3.8) is 0 Å². The van der Waals surface area contributed by atoms with E-state index in [1.165, 1.54) is 48.3 Å². The lowest BCUT2D eigenvalue weighted by molar-refractivity contribution is 0.0600. The normalized spacial score (nSPS) is 11.6. The molecule has 0 saturated carbocycles. The Kier molecular flexibility index (Phi) is 3.70. The van der Waals surface area contributed by atoms with Crippen LogP contribution in [0.1, 0.15) is 10.4 Å². The highest BCUT2D eigenvalue weighted by atomic mass is 32.2. The average Bonchev–Trinajstić information content (AvgIpc) is 2.94. The maximum atomic E-state index is 11.9. The Morgan fingerprint density at radius 2 is 1.92 bits per heavy atom. The van der Waals surface area contributed by atoms with Crippen LogP contribution in [0.2, 0.25) is 0 Å². The lowest BCUT2D eigenvalue weighted by Gasteiger charge is -2.12. The third kappa shape index (κ3) is 2.68. The van der Waals surface area contributed by atoms with Gasteiger partial charge in [-0.05, 0) is 24.3 Å². The molecule has 3 N–H and O–H groups in total. The molecule has 0 saturated heterocycles. The zero-order valence-electron chi connectivity index (χ0n) is 12.4. The number of primary sulfonamides is 1. The van der Waals surface area contributed by atoms with E-state index >= 15 is 0 Å². The van der Waals surface area contributed by atoms with Crippen molar-refractivity contribution < 1.29 is 17.9 Å². The first-order valence-electron chi connectivity index (χ1n) is 6.63. The predicted molar refractivity (Wildman–Crippen MR) is 83.5 cm³/mol. The van der Waals surface area contributed by atoms with E-state index in [4.69, 9.17) is 9.88 Å². The summed E-state index contributed by atoms with van der Waals surface area (Å²) in [5, 5.41) is 11.2. The van der Waals surface area contributed by atoms with Gasteiger partial charge in [0.05, 0.1) is 17.6 Å². The Bertz CT molecular complexity index is 1050. The number of benzene rings is 1. The predicted octanol–water partition coefficient (Wildman–Crippen LogP) is 0.0994. The van der Waals surface area contributed by atoms with Gasteiger partial charge in [-0.2, -0.15) is 5.10 Å². The fourth-order valence-corrected chi connectivity index (χ4v) is 2.77. The van der Waals surface area contributed by atoms with Crippen molar-refractivity contribution in [3.05, 3.63) is 52.6 Å². The molecular weight excluding hydrogens is 336 g/mol. The van der Waals surface area contributed by atoms with E-state index in [2.05, 4.69) is 10.2 Å². The minimum Gasteiger partial charge on any atom is -0.465 e. The summed E-state index contributed by atoms with van der Waals surface area (Å²) < 4.78 is 28.8. The van der Waals surface area contributed by atoms with E-state index in [0.29, 0.717) is 5.69 Å². The van der Waals surface area contributed by atoms with Crippen molar-refractivity contribution in [3.8, 4) is 16.9 Å². The van der Waals surface area contributed by atoms with Gasteiger partial charge in [-0.15, -0.1) is 0 Å². The summed E-state index contributed by atoms with van der Waals surface area (Å²) in [7, 11) is -2.59. The van der Waals surface area contributed by atoms with Gasteiger partial charge in [-0.1, -0.05) is 0 Å². The Balaban J connectivity index is 2.19. The second kappa shape index (κ2) is 5.58. The van der Waals surface area contributed by atoms with Gasteiger partial charge < -0.3 is 9.30 Å². The van der Waals surface area contributed by atoms with Crippen LogP contribution in [0.25, 0.3) is 16.9 Å². The van der Waals surface area contributed by atoms with Crippen molar-refractivity contribution in [2.24, 2.45) is 5.14 Å². The van der Waals surface area contributed by atoms with Crippen molar-refractivity contribution in [1.29, 1.82) is 0 Å². The van der Waals surface area contributed by atoms with Gasteiger partial charge in [0.2, 0.25) is 10.0 Å². The monoisotopic (exact) mass is 348 g/mol. The van der Waals surface area contributed by atoms with Crippen LogP contribution in [0, 0.1) is 0 Å². The molecule has 0 bridgehead atoms. The molecule has 0 spiro atoms. The van der Waals surface area contributed by atoms with E-state index in [9.17, 15) is 18.0 Å². The topological polar surface area (TPSA) is 137 Å². The number of aromatic nitrogens is 3. The number of esters is 1. The van der Waals surface area contributed by atoms with Crippen molar-refractivity contribution >= 4 is 16.0 Å². The summed E-state index contributed by atoms with van der Waals surface area (Å²) in [4.78, 5) is 23.7. The number of pyridine rings is 1. The third-order valence-corrected chi connectivity index (χ3v) is 4.36. The second-order valence-corrected chi connectivity index (χ2v) is 6.49. The molecule has 0 fully saturated rings. The van der Waals surface area contributed by atoms with Crippen LogP contribution in [0.5, 0.6) is 0 Å². The van der Waals surface area contributed by atoms with Gasteiger partial charge in [0.15, 0.2) is 0 Å². The molecule has 0 radical (unpaired) electrons. The zero-order valence-corrected chi connectivity index (χ0v) is 13.2. The number of carbonyl (C=O) groups is 1. The molecule has 2 aliphatic rings. The van der Waals surface area contributed by atoms with Crippen LogP contribution < -0.4 is 10.7 Å². The zero-order chi connectivity index (χ0) is 17.5. The van der Waals surface area contributed by atoms with Gasteiger partial charge in [-0.25, -0.2) is 23.4 Å². The SMILES string of the molecule is COC(=O)c1cn(-c2ccc(S(N)(=O)=O)cc2)cc2c(=O)[nH]nc1-2. The number of methoxy groups -OCH3 is 1. The fraction of sp³-hybridized carbons (Fsp3) is 0.0714. The van der Waals surface area contributed by atoms with Crippen LogP contribution in [0.3, 0.4) is 0 Å². The first-order valence-corrected chi connectivity index (χ1v) is 8.18. The molecule has 1 aromatic rings. The first-order chi connectivity index (χ1) is 11.3. The second-order valence-electron chi connectivity index (χ2n) is 4.92. The van der Waals surface area contributed by atoms with Crippen LogP contribution in [0.4, 0.5) is 0 Å². The average molecular weight is 348 g/mol. The van der Waals surface area contributed by atoms with Gasteiger partial charge in [-0.3, -0.25) is 4.79 Å². The fourth-order valence-electron chi connectivity index (χ4n) is 2.25. The van der Waals surface area contributed by atoms with Gasteiger partial charge in [0.25, 0.3) is 5.56 Å². The number of sulfonamides is 1. The Hall–Kier alpha value is -2.98. The van der Waals surface area contributed by atoms with E-state index in [0.717, 1.165) is 0 Å². The van der Waals surface area contributed by atoms with Crippen molar-refractivity contribution in [1.82, 2.24) is 14.8 Å². The number of nitrogens with two attached hydrogens (primary N) is 1. The maximum absolute atomic E-state index is 11.9. The lowest BCUT2D eigenvalue weighted by Crippen LogP contribution is -2.13. The van der Waals surface area contributed by atoms with E-state index in [-0.39, 0.29) is 21.7 Å². The smallest absolute Gasteiger partial charge is 0.341 e. The molecule has 24 heavy (non-hydrogen) atoms. The Labute approximate surface area is 136 Å². The number of hydrogen-bond donors (Lipinski definition) is 2. The van der Waals surface area contributed by atoms with Crippen LogP contribution in [-0.2, 0) is 14.8 Å². The van der Waals surface area contributed by atoms with E-state index < -0.39 is 21.6 Å². The summed E-state index contributed by atoms with van der Waals surface area (Å²) >= 11 is 0. The number of fused-ring (bicyclic) bond motifs is 1. The number of ether oxygens (including phenoxy) is 1. The summed E-state index contributed by atoms with van der Waals surface area (Å²) in [6, 6.07) is 5.65. The molecule has 0 aliphatic carbocycles. The standard InChI is InChI=1S/C14H12N4O5S/c1-23-14(20)11-7-18(6-10-12(11)16-17-13(10)19)8-2-4-9(5-3-8)24(15,21)22/h2-7H,1H3,(H,17,19)(H2,15,21,22). The molecule has 2 heterocycles. The van der Waals surface area contributed by atoms with E-state index in [1.54, 1.807) is 0 Å². The number of H-pyrrole nitrogens is 1. The molecule has 3 rings (SSSR count). The molecule has 0 aromatic heterocycles. The molecule has 1 aromatic carbocycles. The Morgan fingerprint density at radius 1 is 1.25 bits per heavy atom. The highest BCUT2D eigenvalue weighted by molar-refractivity contribution is 7.89. The maximum Gasteiger partial charge on any atom is 0.341 e. The van der Waals surface area contributed by atoms with Crippen molar-refractivity contribution in [2.45, 2.75) is 4.90 Å². The largest absolute Gasteiger partial charge is 0.465 e. The van der Waals surface area contributed by atoms with Gasteiger partial charge in [0, 0.05) is 18.1 Å². The number of nitrogens with zero attached hydrogens (tertiary/aromatic N) is 2. The van der Waals surface area contributed by atoms with E-state index in [1.807, 2.05) is 0 Å². The lowest BCUT2D eigenvalue weighted by atomic mass is 10.1. The third-order valence-electron chi connectivity index (χ3n) is 3.43.